The van der Waals surface area contributed by atoms with Crippen LogP contribution in [0.15, 0.2) is 24.3 Å². The van der Waals surface area contributed by atoms with Crippen molar-refractivity contribution in [2.75, 3.05) is 37.7 Å². The number of rotatable bonds is 4. The second kappa shape index (κ2) is 8.13. The highest BCUT2D eigenvalue weighted by molar-refractivity contribution is 6.30. The van der Waals surface area contributed by atoms with Crippen LogP contribution in [0.25, 0.3) is 0 Å². The molecular weight excluding hydrogens is 360 g/mol. The van der Waals surface area contributed by atoms with Crippen LogP contribution in [-0.4, -0.2) is 47.7 Å². The monoisotopic (exact) mass is 386 g/mol. The Hall–Kier alpha value is -1.69. The first-order chi connectivity index (χ1) is 13.1. The van der Waals surface area contributed by atoms with E-state index in [9.17, 15) is 0 Å². The molecule has 0 unspecified atom stereocenters. The van der Waals surface area contributed by atoms with Crippen molar-refractivity contribution in [1.29, 1.82) is 0 Å². The molecule has 1 saturated heterocycles. The van der Waals surface area contributed by atoms with E-state index in [0.29, 0.717) is 5.92 Å². The summed E-state index contributed by atoms with van der Waals surface area (Å²) in [6.45, 7) is 10.5. The Balaban J connectivity index is 1.60. The lowest BCUT2D eigenvalue weighted by Gasteiger charge is -2.34. The van der Waals surface area contributed by atoms with Crippen LogP contribution in [0.3, 0.4) is 0 Å². The second-order valence-electron chi connectivity index (χ2n) is 7.68. The maximum atomic E-state index is 6.15. The van der Waals surface area contributed by atoms with Crippen molar-refractivity contribution < 1.29 is 4.74 Å². The minimum absolute atomic E-state index is 0.318. The van der Waals surface area contributed by atoms with Crippen molar-refractivity contribution in [3.8, 4) is 0 Å². The first-order valence-electron chi connectivity index (χ1n) is 9.79. The van der Waals surface area contributed by atoms with Gasteiger partial charge in [-0.1, -0.05) is 37.6 Å². The number of fused-ring (bicyclic) bond motifs is 1. The van der Waals surface area contributed by atoms with Gasteiger partial charge >= 0.3 is 0 Å². The van der Waals surface area contributed by atoms with Crippen molar-refractivity contribution >= 4 is 17.4 Å². The van der Waals surface area contributed by atoms with E-state index < -0.39 is 0 Å². The molecule has 0 spiro atoms. The Morgan fingerprint density at radius 1 is 1.15 bits per heavy atom. The Morgan fingerprint density at radius 2 is 1.96 bits per heavy atom. The smallest absolute Gasteiger partial charge is 0.136 e. The molecule has 144 valence electrons. The molecule has 4 rings (SSSR count). The van der Waals surface area contributed by atoms with Gasteiger partial charge in [-0.25, -0.2) is 9.97 Å². The van der Waals surface area contributed by atoms with Crippen molar-refractivity contribution in [3.63, 3.8) is 0 Å². The van der Waals surface area contributed by atoms with Gasteiger partial charge in [0, 0.05) is 49.2 Å². The molecule has 0 amide bonds. The zero-order valence-electron chi connectivity index (χ0n) is 16.1. The van der Waals surface area contributed by atoms with E-state index in [4.69, 9.17) is 26.3 Å². The third-order valence-corrected chi connectivity index (χ3v) is 5.50. The van der Waals surface area contributed by atoms with E-state index in [2.05, 4.69) is 35.8 Å². The molecule has 0 bridgehead atoms. The predicted octanol–water partition coefficient (Wildman–Crippen LogP) is 3.65. The Labute approximate surface area is 166 Å². The van der Waals surface area contributed by atoms with E-state index in [1.54, 1.807) is 0 Å². The molecule has 0 atom stereocenters. The van der Waals surface area contributed by atoms with E-state index in [1.165, 1.54) is 16.8 Å². The van der Waals surface area contributed by atoms with Gasteiger partial charge in [0.25, 0.3) is 0 Å². The van der Waals surface area contributed by atoms with Gasteiger partial charge in [-0.05, 0) is 24.1 Å². The lowest BCUT2D eigenvalue weighted by atomic mass is 10.0. The molecule has 3 heterocycles. The number of benzene rings is 1. The molecule has 5 nitrogen and oxygen atoms in total. The Morgan fingerprint density at radius 3 is 2.70 bits per heavy atom. The number of aromatic nitrogens is 2. The van der Waals surface area contributed by atoms with Gasteiger partial charge in [-0.3, -0.25) is 4.90 Å². The van der Waals surface area contributed by atoms with Crippen LogP contribution < -0.4 is 4.90 Å². The van der Waals surface area contributed by atoms with Crippen LogP contribution in [0.1, 0.15) is 42.4 Å². The highest BCUT2D eigenvalue weighted by atomic mass is 35.5. The van der Waals surface area contributed by atoms with Crippen LogP contribution in [0.4, 0.5) is 5.82 Å². The first kappa shape index (κ1) is 18.7. The van der Waals surface area contributed by atoms with Gasteiger partial charge in [-0.2, -0.15) is 0 Å². The summed E-state index contributed by atoms with van der Waals surface area (Å²) in [4.78, 5) is 14.7. The fourth-order valence-electron chi connectivity index (χ4n) is 3.81. The van der Waals surface area contributed by atoms with Gasteiger partial charge in [0.05, 0.1) is 18.9 Å². The van der Waals surface area contributed by atoms with Crippen molar-refractivity contribution in [3.05, 3.63) is 51.9 Å². The fraction of sp³-hybridized carbons (Fsp3) is 0.524. The molecule has 1 fully saturated rings. The first-order valence-corrected chi connectivity index (χ1v) is 10.2. The third-order valence-electron chi connectivity index (χ3n) is 5.26. The highest BCUT2D eigenvalue weighted by Crippen LogP contribution is 2.29. The molecule has 0 radical (unpaired) electrons. The van der Waals surface area contributed by atoms with Crippen molar-refractivity contribution in [2.45, 2.75) is 39.3 Å². The molecule has 2 aliphatic rings. The lowest BCUT2D eigenvalue weighted by Crippen LogP contribution is -2.39. The minimum Gasteiger partial charge on any atom is -0.378 e. The van der Waals surface area contributed by atoms with Gasteiger partial charge < -0.3 is 9.64 Å². The van der Waals surface area contributed by atoms with Crippen LogP contribution in [0.5, 0.6) is 0 Å². The Kier molecular flexibility index (Phi) is 5.62. The quantitative estimate of drug-likeness (QED) is 0.802. The summed E-state index contributed by atoms with van der Waals surface area (Å²) >= 11 is 6.15. The van der Waals surface area contributed by atoms with Crippen LogP contribution in [0, 0.1) is 0 Å². The van der Waals surface area contributed by atoms with Crippen LogP contribution in [-0.2, 0) is 24.2 Å². The molecule has 2 aromatic rings. The normalized spacial score (nSPS) is 18.0. The molecule has 0 aliphatic carbocycles. The standard InChI is InChI=1S/C21H27ClN4O/c1-15(2)20-23-19-14-25(13-16-4-3-5-17(22)12-16)7-6-18(19)21(24-20)26-8-10-27-11-9-26/h3-5,12,15H,6-11,13-14H2,1-2H3. The van der Waals surface area contributed by atoms with E-state index in [0.717, 1.165) is 69.0 Å². The van der Waals surface area contributed by atoms with Gasteiger partial charge in [0.15, 0.2) is 0 Å². The maximum absolute atomic E-state index is 6.15. The topological polar surface area (TPSA) is 41.5 Å². The molecule has 27 heavy (non-hydrogen) atoms. The van der Waals surface area contributed by atoms with Crippen molar-refractivity contribution in [1.82, 2.24) is 14.9 Å². The zero-order valence-corrected chi connectivity index (χ0v) is 16.9. The van der Waals surface area contributed by atoms with Gasteiger partial charge in [0.2, 0.25) is 0 Å². The summed E-state index contributed by atoms with van der Waals surface area (Å²) in [7, 11) is 0. The maximum Gasteiger partial charge on any atom is 0.136 e. The number of morpholine rings is 1. The molecule has 0 N–H and O–H groups in total. The van der Waals surface area contributed by atoms with Crippen LogP contribution >= 0.6 is 11.6 Å². The number of anilines is 1. The summed E-state index contributed by atoms with van der Waals surface area (Å²) in [6, 6.07) is 8.13. The van der Waals surface area contributed by atoms with E-state index >= 15 is 0 Å². The average Bonchev–Trinajstić information content (AvgIpc) is 2.67. The predicted molar refractivity (Wildman–Crippen MR) is 108 cm³/mol. The average molecular weight is 387 g/mol. The summed E-state index contributed by atoms with van der Waals surface area (Å²) in [5.74, 6) is 2.40. The van der Waals surface area contributed by atoms with Crippen LogP contribution in [0.2, 0.25) is 5.02 Å². The SMILES string of the molecule is CC(C)c1nc2c(c(N3CCOCC3)n1)CCN(Cc1cccc(Cl)c1)C2. The summed E-state index contributed by atoms with van der Waals surface area (Å²) in [6.07, 6.45) is 0.987. The number of nitrogens with zero attached hydrogens (tertiary/aromatic N) is 4. The number of hydrogen-bond donors (Lipinski definition) is 0. The summed E-state index contributed by atoms with van der Waals surface area (Å²) < 4.78 is 5.53. The van der Waals surface area contributed by atoms with E-state index in [1.807, 2.05) is 12.1 Å². The molecule has 1 aromatic heterocycles. The van der Waals surface area contributed by atoms with Crippen molar-refractivity contribution in [2.24, 2.45) is 0 Å². The summed E-state index contributed by atoms with van der Waals surface area (Å²) in [5.41, 5.74) is 3.75. The third kappa shape index (κ3) is 4.26. The minimum atomic E-state index is 0.318. The lowest BCUT2D eigenvalue weighted by molar-refractivity contribution is 0.122. The number of hydrogen-bond acceptors (Lipinski definition) is 5. The molecule has 6 heteroatoms. The van der Waals surface area contributed by atoms with E-state index in [-0.39, 0.29) is 0 Å². The molecule has 1 aromatic carbocycles. The Bertz CT molecular complexity index is 805. The number of ether oxygens (including phenoxy) is 1. The van der Waals surface area contributed by atoms with Gasteiger partial charge in [-0.15, -0.1) is 0 Å². The largest absolute Gasteiger partial charge is 0.378 e. The molecule has 0 saturated carbocycles. The van der Waals surface area contributed by atoms with Gasteiger partial charge in [0.1, 0.15) is 11.6 Å². The molecular formula is C21H27ClN4O. The number of halogens is 1. The fourth-order valence-corrected chi connectivity index (χ4v) is 4.02. The highest BCUT2D eigenvalue weighted by Gasteiger charge is 2.26. The summed E-state index contributed by atoms with van der Waals surface area (Å²) in [5, 5.41) is 0.795. The molecule has 2 aliphatic heterocycles. The second-order valence-corrected chi connectivity index (χ2v) is 8.11. The zero-order chi connectivity index (χ0) is 18.8.